The van der Waals surface area contributed by atoms with E-state index in [9.17, 15) is 0 Å². The zero-order valence-electron chi connectivity index (χ0n) is 6.27. The van der Waals surface area contributed by atoms with Crippen LogP contribution in [0.15, 0.2) is 0 Å². The van der Waals surface area contributed by atoms with E-state index in [2.05, 4.69) is 27.7 Å². The normalized spacial score (nSPS) is 7.50. The number of hydrogen-bond acceptors (Lipinski definition) is 1. The molecule has 1 heteroatoms. The van der Waals surface area contributed by atoms with E-state index in [1.807, 2.05) is 0 Å². The van der Waals surface area contributed by atoms with Crippen LogP contribution in [0.2, 0.25) is 0 Å². The summed E-state index contributed by atoms with van der Waals surface area (Å²) < 4.78 is 5.30. The van der Waals surface area contributed by atoms with Gasteiger partial charge in [-0.25, -0.2) is 0 Å². The highest BCUT2D eigenvalue weighted by atomic mass is 16.5. The van der Waals surface area contributed by atoms with Gasteiger partial charge in [-0.2, -0.15) is 0 Å². The van der Waals surface area contributed by atoms with E-state index >= 15 is 0 Å². The van der Waals surface area contributed by atoms with Gasteiger partial charge in [-0.1, -0.05) is 43.6 Å². The Morgan fingerprint density at radius 3 is 1.25 bits per heavy atom. The van der Waals surface area contributed by atoms with Crippen LogP contribution in [0, 0.1) is 5.92 Å². The number of rotatable bonds is 3. The van der Waals surface area contributed by atoms with Crippen molar-refractivity contribution in [2.24, 2.45) is 5.92 Å². The zero-order chi connectivity index (χ0) is 6.57. The van der Waals surface area contributed by atoms with E-state index in [1.165, 1.54) is 0 Å². The Bertz CT molecular complexity index is 41.0. The lowest BCUT2D eigenvalue weighted by atomic mass is 10.2. The van der Waals surface area contributed by atoms with Crippen molar-refractivity contribution >= 4 is 0 Å². The minimum Gasteiger partial charge on any atom is -0.379 e. The fourth-order valence-corrected chi connectivity index (χ4v) is 0.385. The van der Waals surface area contributed by atoms with Crippen LogP contribution in [-0.2, 0) is 4.74 Å². The molecule has 0 fully saturated rings. The molecule has 0 aromatic heterocycles. The average molecular weight is 180 g/mol. The quantitative estimate of drug-likeness (QED) is 0.616. The lowest BCUT2D eigenvalue weighted by Gasteiger charge is -2.08. The summed E-state index contributed by atoms with van der Waals surface area (Å²) in [6.07, 6.45) is 0.386. The van der Waals surface area contributed by atoms with Gasteiger partial charge >= 0.3 is 0 Å². The highest BCUT2D eigenvalue weighted by Crippen LogP contribution is 1.95. The molecule has 12 heavy (non-hydrogen) atoms. The van der Waals surface area contributed by atoms with Crippen LogP contribution in [0.3, 0.4) is 0 Å². The first kappa shape index (κ1) is 29.7. The molecule has 0 heterocycles. The standard InChI is InChI=1S/C7H16O.4CH4/c1-6(2)5-8-7(3)4;;;;/h6-7H,5H2,1-4H3;4*1H4. The zero-order valence-corrected chi connectivity index (χ0v) is 6.27. The van der Waals surface area contributed by atoms with Crippen LogP contribution in [-0.4, -0.2) is 12.7 Å². The van der Waals surface area contributed by atoms with Crippen LogP contribution < -0.4 is 0 Å². The molecule has 82 valence electrons. The van der Waals surface area contributed by atoms with Crippen molar-refractivity contribution in [3.63, 3.8) is 0 Å². The predicted octanol–water partition coefficient (Wildman–Crippen LogP) is 4.61. The van der Waals surface area contributed by atoms with Crippen LogP contribution in [0.25, 0.3) is 0 Å². The Balaban J connectivity index is -0.0000000408. The minimum atomic E-state index is 0. The molecule has 0 unspecified atom stereocenters. The second-order valence-electron chi connectivity index (χ2n) is 2.78. The first-order valence-electron chi connectivity index (χ1n) is 3.24. The van der Waals surface area contributed by atoms with E-state index < -0.39 is 0 Å². The molecular formula is C11H32O. The summed E-state index contributed by atoms with van der Waals surface area (Å²) in [7, 11) is 0. The van der Waals surface area contributed by atoms with Gasteiger partial charge in [0.25, 0.3) is 0 Å². The van der Waals surface area contributed by atoms with E-state index in [0.717, 1.165) is 6.61 Å². The average Bonchev–Trinajstić information content (AvgIpc) is 1.61. The molecule has 0 N–H and O–H groups in total. The van der Waals surface area contributed by atoms with Gasteiger partial charge in [0.1, 0.15) is 0 Å². The Kier molecular flexibility index (Phi) is 42.4. The molecule has 0 aliphatic heterocycles. The van der Waals surface area contributed by atoms with Gasteiger partial charge in [-0.3, -0.25) is 0 Å². The third-order valence-corrected chi connectivity index (χ3v) is 0.763. The maximum absolute atomic E-state index is 5.30. The molecule has 0 rings (SSSR count). The fraction of sp³-hybridized carbons (Fsp3) is 1.00. The summed E-state index contributed by atoms with van der Waals surface area (Å²) in [5.41, 5.74) is 0. The summed E-state index contributed by atoms with van der Waals surface area (Å²) in [5, 5.41) is 0. The Hall–Kier alpha value is -0.0400. The third kappa shape index (κ3) is 32.5. The van der Waals surface area contributed by atoms with E-state index in [1.54, 1.807) is 0 Å². The summed E-state index contributed by atoms with van der Waals surface area (Å²) >= 11 is 0. The molecule has 1 nitrogen and oxygen atoms in total. The Labute approximate surface area is 81.5 Å². The second-order valence-corrected chi connectivity index (χ2v) is 2.78. The molecule has 0 aliphatic carbocycles. The van der Waals surface area contributed by atoms with Gasteiger partial charge in [0.05, 0.1) is 6.10 Å². The Morgan fingerprint density at radius 2 is 1.17 bits per heavy atom. The molecule has 0 aromatic rings. The monoisotopic (exact) mass is 180 g/mol. The smallest absolute Gasteiger partial charge is 0.0518 e. The number of hydrogen-bond donors (Lipinski definition) is 0. The molecule has 0 spiro atoms. The molecule has 0 radical (unpaired) electrons. The molecular weight excluding hydrogens is 148 g/mol. The third-order valence-electron chi connectivity index (χ3n) is 0.763. The van der Waals surface area contributed by atoms with Gasteiger partial charge in [-0.15, -0.1) is 0 Å². The summed E-state index contributed by atoms with van der Waals surface area (Å²) in [5.74, 6) is 0.664. The maximum atomic E-state index is 5.30. The predicted molar refractivity (Wildman–Crippen MR) is 62.9 cm³/mol. The van der Waals surface area contributed by atoms with Gasteiger partial charge in [0.15, 0.2) is 0 Å². The van der Waals surface area contributed by atoms with E-state index in [-0.39, 0.29) is 29.7 Å². The molecule has 0 aliphatic rings. The maximum Gasteiger partial charge on any atom is 0.0518 e. The van der Waals surface area contributed by atoms with Crippen molar-refractivity contribution < 1.29 is 4.74 Å². The van der Waals surface area contributed by atoms with Gasteiger partial charge in [-0.05, 0) is 19.8 Å². The SMILES string of the molecule is C.C.C.C.CC(C)COC(C)C. The molecule has 0 amide bonds. The second kappa shape index (κ2) is 17.2. The Morgan fingerprint density at radius 1 is 0.833 bits per heavy atom. The number of ether oxygens (including phenoxy) is 1. The first-order valence-corrected chi connectivity index (χ1v) is 3.24. The highest BCUT2D eigenvalue weighted by molar-refractivity contribution is 4.41. The summed E-state index contributed by atoms with van der Waals surface area (Å²) in [4.78, 5) is 0. The van der Waals surface area contributed by atoms with Gasteiger partial charge in [0, 0.05) is 6.61 Å². The van der Waals surface area contributed by atoms with Crippen molar-refractivity contribution in [2.75, 3.05) is 6.61 Å². The first-order chi connectivity index (χ1) is 3.63. The van der Waals surface area contributed by atoms with Gasteiger partial charge < -0.3 is 4.74 Å². The van der Waals surface area contributed by atoms with Gasteiger partial charge in [0.2, 0.25) is 0 Å². The van der Waals surface area contributed by atoms with Crippen molar-refractivity contribution in [3.05, 3.63) is 0 Å². The van der Waals surface area contributed by atoms with Crippen LogP contribution in [0.1, 0.15) is 57.4 Å². The lowest BCUT2D eigenvalue weighted by Crippen LogP contribution is -2.08. The lowest BCUT2D eigenvalue weighted by molar-refractivity contribution is 0.0593. The van der Waals surface area contributed by atoms with Crippen molar-refractivity contribution in [2.45, 2.75) is 63.5 Å². The summed E-state index contributed by atoms with van der Waals surface area (Å²) in [6, 6.07) is 0. The van der Waals surface area contributed by atoms with Crippen molar-refractivity contribution in [3.8, 4) is 0 Å². The molecule has 0 bridgehead atoms. The largest absolute Gasteiger partial charge is 0.379 e. The van der Waals surface area contributed by atoms with Crippen LogP contribution >= 0.6 is 0 Å². The highest BCUT2D eigenvalue weighted by Gasteiger charge is 1.94. The fourth-order valence-electron chi connectivity index (χ4n) is 0.385. The van der Waals surface area contributed by atoms with Crippen LogP contribution in [0.4, 0.5) is 0 Å². The topological polar surface area (TPSA) is 9.23 Å². The summed E-state index contributed by atoms with van der Waals surface area (Å²) in [6.45, 7) is 9.31. The molecule has 0 saturated carbocycles. The van der Waals surface area contributed by atoms with Crippen molar-refractivity contribution in [1.29, 1.82) is 0 Å². The van der Waals surface area contributed by atoms with E-state index in [4.69, 9.17) is 4.74 Å². The molecule has 0 aromatic carbocycles. The molecule has 0 atom stereocenters. The molecule has 0 saturated heterocycles. The van der Waals surface area contributed by atoms with E-state index in [0.29, 0.717) is 12.0 Å². The van der Waals surface area contributed by atoms with Crippen molar-refractivity contribution in [1.82, 2.24) is 0 Å². The minimum absolute atomic E-state index is 0. The van der Waals surface area contributed by atoms with Crippen LogP contribution in [0.5, 0.6) is 0 Å².